The molecule has 2 rings (SSSR count). The molecule has 0 bridgehead atoms. The van der Waals surface area contributed by atoms with Crippen LogP contribution in [0.2, 0.25) is 0 Å². The Hall–Kier alpha value is -1.75. The Balaban J connectivity index is 1.99. The minimum absolute atomic E-state index is 0.321. The fraction of sp³-hybridized carbons (Fsp3) is 0.562. The van der Waals surface area contributed by atoms with Gasteiger partial charge in [-0.3, -0.25) is 0 Å². The zero-order valence-electron chi connectivity index (χ0n) is 12.9. The van der Waals surface area contributed by atoms with Crippen LogP contribution in [0.1, 0.15) is 37.0 Å². The van der Waals surface area contributed by atoms with Crippen molar-refractivity contribution in [1.82, 2.24) is 4.90 Å². The average Bonchev–Trinajstić information content (AvgIpc) is 2.94. The molecule has 1 heterocycles. The molecule has 0 spiro atoms. The van der Waals surface area contributed by atoms with Gasteiger partial charge in [0.05, 0.1) is 12.2 Å². The number of esters is 1. The number of ether oxygens (including phenoxy) is 1. The Labute approximate surface area is 126 Å². The fourth-order valence-corrected chi connectivity index (χ4v) is 2.71. The first kappa shape index (κ1) is 15.6. The van der Waals surface area contributed by atoms with E-state index in [0.717, 1.165) is 12.2 Å². The molecule has 0 amide bonds. The second kappa shape index (κ2) is 7.31. The number of anilines is 2. The zero-order valence-corrected chi connectivity index (χ0v) is 12.9. The van der Waals surface area contributed by atoms with Crippen molar-refractivity contribution in [3.8, 4) is 0 Å². The number of nitrogens with one attached hydrogen (secondary N) is 1. The van der Waals surface area contributed by atoms with Gasteiger partial charge in [0.2, 0.25) is 0 Å². The van der Waals surface area contributed by atoms with Crippen molar-refractivity contribution in [2.75, 3.05) is 37.3 Å². The highest BCUT2D eigenvalue weighted by atomic mass is 16.5. The lowest BCUT2D eigenvalue weighted by Gasteiger charge is -2.22. The highest BCUT2D eigenvalue weighted by Crippen LogP contribution is 2.20. The minimum atomic E-state index is -0.370. The summed E-state index contributed by atoms with van der Waals surface area (Å²) in [5.41, 5.74) is 7.62. The highest BCUT2D eigenvalue weighted by Gasteiger charge is 2.16. The number of likely N-dealkylation sites (tertiary alicyclic amines) is 1. The number of nitrogen functional groups attached to an aromatic ring is 1. The van der Waals surface area contributed by atoms with E-state index in [2.05, 4.69) is 17.1 Å². The van der Waals surface area contributed by atoms with Crippen LogP contribution in [0.5, 0.6) is 0 Å². The molecular formula is C16H25N3O2. The summed E-state index contributed by atoms with van der Waals surface area (Å²) < 4.78 is 5.02. The summed E-state index contributed by atoms with van der Waals surface area (Å²) in [6, 6.07) is 5.74. The topological polar surface area (TPSA) is 67.6 Å². The molecular weight excluding hydrogens is 266 g/mol. The van der Waals surface area contributed by atoms with Crippen LogP contribution < -0.4 is 11.1 Å². The van der Waals surface area contributed by atoms with Gasteiger partial charge in [0.15, 0.2) is 0 Å². The number of carbonyl (C=O) groups is 1. The van der Waals surface area contributed by atoms with Crippen molar-refractivity contribution in [2.45, 2.75) is 32.7 Å². The van der Waals surface area contributed by atoms with E-state index in [1.165, 1.54) is 25.9 Å². The Morgan fingerprint density at radius 1 is 1.43 bits per heavy atom. The lowest BCUT2D eigenvalue weighted by molar-refractivity contribution is 0.0527. The van der Waals surface area contributed by atoms with Crippen LogP contribution in [0, 0.1) is 0 Å². The summed E-state index contributed by atoms with van der Waals surface area (Å²) in [5.74, 6) is -0.370. The van der Waals surface area contributed by atoms with Gasteiger partial charge in [0.1, 0.15) is 0 Å². The Morgan fingerprint density at radius 2 is 2.14 bits per heavy atom. The zero-order chi connectivity index (χ0) is 15.2. The first-order valence-corrected chi connectivity index (χ1v) is 7.65. The number of hydrogen-bond donors (Lipinski definition) is 2. The second-order valence-electron chi connectivity index (χ2n) is 5.58. The smallest absolute Gasteiger partial charge is 0.340 e. The van der Waals surface area contributed by atoms with Crippen molar-refractivity contribution in [3.63, 3.8) is 0 Å². The minimum Gasteiger partial charge on any atom is -0.462 e. The molecule has 0 radical (unpaired) electrons. The van der Waals surface area contributed by atoms with Gasteiger partial charge in [-0.1, -0.05) is 0 Å². The Bertz CT molecular complexity index is 484. The SMILES string of the molecule is CCOC(=O)c1cc(NC(C)CN2CCCC2)ccc1N. The monoisotopic (exact) mass is 291 g/mol. The van der Waals surface area contributed by atoms with E-state index in [0.29, 0.717) is 23.9 Å². The molecule has 1 aromatic carbocycles. The van der Waals surface area contributed by atoms with Crippen LogP contribution in [0.4, 0.5) is 11.4 Å². The molecule has 1 aliphatic rings. The van der Waals surface area contributed by atoms with Gasteiger partial charge >= 0.3 is 5.97 Å². The molecule has 1 aliphatic heterocycles. The van der Waals surface area contributed by atoms with Crippen LogP contribution in [-0.2, 0) is 4.74 Å². The molecule has 1 aromatic rings. The largest absolute Gasteiger partial charge is 0.462 e. The molecule has 1 unspecified atom stereocenters. The van der Waals surface area contributed by atoms with Crippen molar-refractivity contribution in [3.05, 3.63) is 23.8 Å². The van der Waals surface area contributed by atoms with Crippen LogP contribution >= 0.6 is 0 Å². The third-order valence-electron chi connectivity index (χ3n) is 3.69. The van der Waals surface area contributed by atoms with E-state index in [-0.39, 0.29) is 5.97 Å². The van der Waals surface area contributed by atoms with E-state index in [9.17, 15) is 4.79 Å². The molecule has 1 fully saturated rings. The van der Waals surface area contributed by atoms with E-state index in [4.69, 9.17) is 10.5 Å². The van der Waals surface area contributed by atoms with Crippen molar-refractivity contribution < 1.29 is 9.53 Å². The summed E-state index contributed by atoms with van der Waals surface area (Å²) in [5, 5.41) is 3.43. The number of rotatable bonds is 6. The highest BCUT2D eigenvalue weighted by molar-refractivity contribution is 5.96. The predicted octanol–water partition coefficient (Wildman–Crippen LogP) is 2.34. The number of carbonyl (C=O) groups excluding carboxylic acids is 1. The van der Waals surface area contributed by atoms with E-state index >= 15 is 0 Å². The molecule has 116 valence electrons. The lowest BCUT2D eigenvalue weighted by Crippen LogP contribution is -2.33. The van der Waals surface area contributed by atoms with Gasteiger partial charge in [0, 0.05) is 24.0 Å². The Kier molecular flexibility index (Phi) is 5.44. The van der Waals surface area contributed by atoms with Crippen LogP contribution in [0.15, 0.2) is 18.2 Å². The van der Waals surface area contributed by atoms with Crippen LogP contribution in [0.3, 0.4) is 0 Å². The number of benzene rings is 1. The maximum atomic E-state index is 11.8. The Morgan fingerprint density at radius 3 is 2.81 bits per heavy atom. The molecule has 1 atom stereocenters. The summed E-state index contributed by atoms with van der Waals surface area (Å²) in [6.45, 7) is 7.66. The van der Waals surface area contributed by atoms with E-state index < -0.39 is 0 Å². The van der Waals surface area contributed by atoms with Gasteiger partial charge in [-0.05, 0) is 58.0 Å². The van der Waals surface area contributed by atoms with Crippen molar-refractivity contribution in [1.29, 1.82) is 0 Å². The molecule has 5 nitrogen and oxygen atoms in total. The summed E-state index contributed by atoms with van der Waals surface area (Å²) >= 11 is 0. The fourth-order valence-electron chi connectivity index (χ4n) is 2.71. The van der Waals surface area contributed by atoms with Gasteiger partial charge in [-0.25, -0.2) is 4.79 Å². The van der Waals surface area contributed by atoms with Gasteiger partial charge in [-0.2, -0.15) is 0 Å². The van der Waals surface area contributed by atoms with Crippen LogP contribution in [0.25, 0.3) is 0 Å². The van der Waals surface area contributed by atoms with E-state index in [1.807, 2.05) is 6.07 Å². The first-order valence-electron chi connectivity index (χ1n) is 7.65. The third-order valence-corrected chi connectivity index (χ3v) is 3.69. The number of nitrogens with zero attached hydrogens (tertiary/aromatic N) is 1. The quantitative estimate of drug-likeness (QED) is 0.622. The van der Waals surface area contributed by atoms with Gasteiger partial charge < -0.3 is 20.7 Å². The van der Waals surface area contributed by atoms with Gasteiger partial charge in [-0.15, -0.1) is 0 Å². The molecule has 3 N–H and O–H groups in total. The normalized spacial score (nSPS) is 16.7. The molecule has 5 heteroatoms. The molecule has 0 saturated carbocycles. The number of nitrogens with two attached hydrogens (primary N) is 1. The maximum absolute atomic E-state index is 11.8. The third kappa shape index (κ3) is 4.36. The maximum Gasteiger partial charge on any atom is 0.340 e. The standard InChI is InChI=1S/C16H25N3O2/c1-3-21-16(20)14-10-13(6-7-15(14)17)18-12(2)11-19-8-4-5-9-19/h6-7,10,12,18H,3-5,8-9,11,17H2,1-2H3. The molecule has 0 aromatic heterocycles. The second-order valence-corrected chi connectivity index (χ2v) is 5.58. The van der Waals surface area contributed by atoms with Crippen LogP contribution in [-0.4, -0.2) is 43.2 Å². The summed E-state index contributed by atoms with van der Waals surface area (Å²) in [6.07, 6.45) is 2.59. The summed E-state index contributed by atoms with van der Waals surface area (Å²) in [4.78, 5) is 14.3. The number of hydrogen-bond acceptors (Lipinski definition) is 5. The molecule has 0 aliphatic carbocycles. The first-order chi connectivity index (χ1) is 10.1. The van der Waals surface area contributed by atoms with Crippen molar-refractivity contribution in [2.24, 2.45) is 0 Å². The molecule has 21 heavy (non-hydrogen) atoms. The van der Waals surface area contributed by atoms with Crippen molar-refractivity contribution >= 4 is 17.3 Å². The average molecular weight is 291 g/mol. The predicted molar refractivity (Wildman–Crippen MR) is 85.6 cm³/mol. The van der Waals surface area contributed by atoms with E-state index in [1.54, 1.807) is 19.1 Å². The lowest BCUT2D eigenvalue weighted by atomic mass is 10.1. The van der Waals surface area contributed by atoms with Gasteiger partial charge in [0.25, 0.3) is 0 Å². The summed E-state index contributed by atoms with van der Waals surface area (Å²) in [7, 11) is 0. The molecule has 1 saturated heterocycles.